The van der Waals surface area contributed by atoms with Gasteiger partial charge in [0.2, 0.25) is 0 Å². The molecule has 14 heavy (non-hydrogen) atoms. The molecule has 1 rings (SSSR count). The van der Waals surface area contributed by atoms with Crippen LogP contribution in [0.5, 0.6) is 5.75 Å². The monoisotopic (exact) mass is 196 g/mol. The fraction of sp³-hybridized carbons (Fsp3) is 0.333. The first-order valence-corrected chi connectivity index (χ1v) is 4.11. The number of pyridine rings is 1. The van der Waals surface area contributed by atoms with E-state index < -0.39 is 12.0 Å². The minimum atomic E-state index is -1.04. The summed E-state index contributed by atoms with van der Waals surface area (Å²) in [5.41, 5.74) is 5.94. The number of nitrogens with two attached hydrogens (primary N) is 1. The Morgan fingerprint density at radius 1 is 1.79 bits per heavy atom. The van der Waals surface area contributed by atoms with Gasteiger partial charge < -0.3 is 15.6 Å². The van der Waals surface area contributed by atoms with Crippen LogP contribution in [0.1, 0.15) is 5.69 Å². The molecule has 0 unspecified atom stereocenters. The molecule has 1 heterocycles. The highest BCUT2D eigenvalue weighted by Gasteiger charge is 2.15. The molecule has 0 aliphatic heterocycles. The second-order valence-electron chi connectivity index (χ2n) is 2.80. The Kier molecular flexibility index (Phi) is 3.41. The maximum absolute atomic E-state index is 10.5. The Morgan fingerprint density at radius 2 is 2.50 bits per heavy atom. The van der Waals surface area contributed by atoms with E-state index in [0.29, 0.717) is 11.4 Å². The molecule has 0 aromatic carbocycles. The SMILES string of the molecule is COc1cccnc1C[C@@H](N)C(=O)O. The molecular weight excluding hydrogens is 184 g/mol. The molecule has 0 saturated carbocycles. The van der Waals surface area contributed by atoms with Crippen LogP contribution < -0.4 is 10.5 Å². The van der Waals surface area contributed by atoms with Crippen molar-refractivity contribution in [2.24, 2.45) is 5.73 Å². The molecule has 0 saturated heterocycles. The zero-order valence-electron chi connectivity index (χ0n) is 7.80. The number of aromatic nitrogens is 1. The summed E-state index contributed by atoms with van der Waals surface area (Å²) in [6.45, 7) is 0. The maximum atomic E-state index is 10.5. The van der Waals surface area contributed by atoms with Crippen molar-refractivity contribution < 1.29 is 14.6 Å². The van der Waals surface area contributed by atoms with Gasteiger partial charge in [-0.05, 0) is 12.1 Å². The van der Waals surface area contributed by atoms with Crippen molar-refractivity contribution in [1.82, 2.24) is 4.98 Å². The molecule has 5 nitrogen and oxygen atoms in total. The molecule has 0 spiro atoms. The van der Waals surface area contributed by atoms with Gasteiger partial charge in [0.25, 0.3) is 0 Å². The van der Waals surface area contributed by atoms with Gasteiger partial charge in [-0.25, -0.2) is 0 Å². The van der Waals surface area contributed by atoms with Gasteiger partial charge in [-0.2, -0.15) is 0 Å². The van der Waals surface area contributed by atoms with Gasteiger partial charge in [0.05, 0.1) is 12.8 Å². The Morgan fingerprint density at radius 3 is 3.07 bits per heavy atom. The third kappa shape index (κ3) is 2.43. The van der Waals surface area contributed by atoms with Gasteiger partial charge in [-0.1, -0.05) is 0 Å². The number of carboxylic acids is 1. The topological polar surface area (TPSA) is 85.4 Å². The van der Waals surface area contributed by atoms with Crippen molar-refractivity contribution in [3.05, 3.63) is 24.0 Å². The average Bonchev–Trinajstić information content (AvgIpc) is 2.18. The van der Waals surface area contributed by atoms with E-state index in [1.165, 1.54) is 7.11 Å². The minimum absolute atomic E-state index is 0.166. The minimum Gasteiger partial charge on any atom is -0.495 e. The van der Waals surface area contributed by atoms with Crippen molar-refractivity contribution in [2.45, 2.75) is 12.5 Å². The van der Waals surface area contributed by atoms with Crippen LogP contribution in [0, 0.1) is 0 Å². The number of ether oxygens (including phenoxy) is 1. The lowest BCUT2D eigenvalue weighted by molar-refractivity contribution is -0.138. The lowest BCUT2D eigenvalue weighted by atomic mass is 10.1. The summed E-state index contributed by atoms with van der Waals surface area (Å²) in [6, 6.07) is 2.49. The number of rotatable bonds is 4. The molecule has 3 N–H and O–H groups in total. The van der Waals surface area contributed by atoms with Crippen LogP contribution in [0.2, 0.25) is 0 Å². The van der Waals surface area contributed by atoms with E-state index in [1.807, 2.05) is 0 Å². The molecule has 76 valence electrons. The Hall–Kier alpha value is -1.62. The molecule has 0 fully saturated rings. The normalized spacial score (nSPS) is 12.1. The Balaban J connectivity index is 2.80. The summed E-state index contributed by atoms with van der Waals surface area (Å²) in [6.07, 6.45) is 1.74. The fourth-order valence-corrected chi connectivity index (χ4v) is 1.06. The molecule has 0 aliphatic rings. The van der Waals surface area contributed by atoms with E-state index in [-0.39, 0.29) is 6.42 Å². The quantitative estimate of drug-likeness (QED) is 0.710. The summed E-state index contributed by atoms with van der Waals surface area (Å²) >= 11 is 0. The molecule has 0 amide bonds. The number of carbonyl (C=O) groups is 1. The highest BCUT2D eigenvalue weighted by Crippen LogP contribution is 2.15. The number of carboxylic acid groups (broad SMARTS) is 1. The molecule has 1 aromatic rings. The van der Waals surface area contributed by atoms with E-state index in [4.69, 9.17) is 15.6 Å². The van der Waals surface area contributed by atoms with E-state index in [9.17, 15) is 4.79 Å². The lowest BCUT2D eigenvalue weighted by Crippen LogP contribution is -2.32. The standard InChI is InChI=1S/C9H12N2O3/c1-14-8-3-2-4-11-7(8)5-6(10)9(12)13/h2-4,6H,5,10H2,1H3,(H,12,13)/t6-/m1/s1. The summed E-state index contributed by atoms with van der Waals surface area (Å²) in [5.74, 6) is -0.484. The summed E-state index contributed by atoms with van der Waals surface area (Å²) in [5, 5.41) is 8.61. The molecule has 0 bridgehead atoms. The van der Waals surface area contributed by atoms with Crippen LogP contribution in [0.25, 0.3) is 0 Å². The lowest BCUT2D eigenvalue weighted by Gasteiger charge is -2.09. The average molecular weight is 196 g/mol. The van der Waals surface area contributed by atoms with Crippen LogP contribution in [-0.4, -0.2) is 29.2 Å². The number of aliphatic carboxylic acids is 1. The molecule has 1 aromatic heterocycles. The van der Waals surface area contributed by atoms with Gasteiger partial charge in [-0.15, -0.1) is 0 Å². The smallest absolute Gasteiger partial charge is 0.320 e. The predicted octanol–water partition coefficient (Wildman–Crippen LogP) is 0.0446. The molecule has 0 aliphatic carbocycles. The van der Waals surface area contributed by atoms with Crippen molar-refractivity contribution in [2.75, 3.05) is 7.11 Å². The number of hydrogen-bond acceptors (Lipinski definition) is 4. The van der Waals surface area contributed by atoms with Crippen LogP contribution in [0.3, 0.4) is 0 Å². The molecule has 5 heteroatoms. The van der Waals surface area contributed by atoms with Gasteiger partial charge in [-0.3, -0.25) is 9.78 Å². The summed E-state index contributed by atoms with van der Waals surface area (Å²) < 4.78 is 5.01. The largest absolute Gasteiger partial charge is 0.495 e. The van der Waals surface area contributed by atoms with E-state index in [1.54, 1.807) is 18.3 Å². The Labute approximate surface area is 81.5 Å². The van der Waals surface area contributed by atoms with Crippen molar-refractivity contribution in [3.8, 4) is 5.75 Å². The highest BCUT2D eigenvalue weighted by atomic mass is 16.5. The number of nitrogens with zero attached hydrogens (tertiary/aromatic N) is 1. The Bertz CT molecular complexity index is 328. The van der Waals surface area contributed by atoms with E-state index in [2.05, 4.69) is 4.98 Å². The van der Waals surface area contributed by atoms with E-state index in [0.717, 1.165) is 0 Å². The summed E-state index contributed by atoms with van der Waals surface area (Å²) in [7, 11) is 1.51. The zero-order valence-corrected chi connectivity index (χ0v) is 7.80. The molecular formula is C9H12N2O3. The second kappa shape index (κ2) is 4.57. The maximum Gasteiger partial charge on any atom is 0.320 e. The van der Waals surface area contributed by atoms with Crippen molar-refractivity contribution >= 4 is 5.97 Å². The van der Waals surface area contributed by atoms with Crippen LogP contribution in [0.15, 0.2) is 18.3 Å². The fourth-order valence-electron chi connectivity index (χ4n) is 1.06. The van der Waals surface area contributed by atoms with Crippen LogP contribution >= 0.6 is 0 Å². The van der Waals surface area contributed by atoms with Gasteiger partial charge in [0.15, 0.2) is 0 Å². The first kappa shape index (κ1) is 10.5. The third-order valence-corrected chi connectivity index (χ3v) is 1.80. The van der Waals surface area contributed by atoms with Gasteiger partial charge in [0.1, 0.15) is 11.8 Å². The molecule has 1 atom stereocenters. The highest BCUT2D eigenvalue weighted by molar-refractivity contribution is 5.73. The summed E-state index contributed by atoms with van der Waals surface area (Å²) in [4.78, 5) is 14.5. The third-order valence-electron chi connectivity index (χ3n) is 1.80. The van der Waals surface area contributed by atoms with Crippen LogP contribution in [-0.2, 0) is 11.2 Å². The van der Waals surface area contributed by atoms with E-state index >= 15 is 0 Å². The second-order valence-corrected chi connectivity index (χ2v) is 2.80. The predicted molar refractivity (Wildman–Crippen MR) is 50.1 cm³/mol. The number of methoxy groups -OCH3 is 1. The van der Waals surface area contributed by atoms with Gasteiger partial charge in [0, 0.05) is 12.6 Å². The van der Waals surface area contributed by atoms with Crippen molar-refractivity contribution in [1.29, 1.82) is 0 Å². The first-order valence-electron chi connectivity index (χ1n) is 4.11. The van der Waals surface area contributed by atoms with Crippen LogP contribution in [0.4, 0.5) is 0 Å². The van der Waals surface area contributed by atoms with Crippen molar-refractivity contribution in [3.63, 3.8) is 0 Å². The van der Waals surface area contributed by atoms with Gasteiger partial charge >= 0.3 is 5.97 Å². The number of hydrogen-bond donors (Lipinski definition) is 2. The molecule has 0 radical (unpaired) electrons. The first-order chi connectivity index (χ1) is 6.65. The zero-order chi connectivity index (χ0) is 10.6.